The van der Waals surface area contributed by atoms with Crippen molar-refractivity contribution in [1.82, 2.24) is 5.32 Å². The summed E-state index contributed by atoms with van der Waals surface area (Å²) < 4.78 is 0. The molecule has 1 aromatic carbocycles. The van der Waals surface area contributed by atoms with E-state index in [1.54, 1.807) is 0 Å². The Kier molecular flexibility index (Phi) is 3.60. The Morgan fingerprint density at radius 3 is 2.69 bits per heavy atom. The summed E-state index contributed by atoms with van der Waals surface area (Å²) in [4.78, 5) is 11.5. The number of amides is 1. The number of carbonyl (C=O) groups excluding carboxylic acids is 1. The molecule has 0 aliphatic carbocycles. The second-order valence-corrected chi connectivity index (χ2v) is 4.71. The summed E-state index contributed by atoms with van der Waals surface area (Å²) in [5.74, 6) is 0.993. The van der Waals surface area contributed by atoms with E-state index in [-0.39, 0.29) is 11.8 Å². The normalized spacial score (nSPS) is 24.4. The number of benzene rings is 1. The van der Waals surface area contributed by atoms with E-state index in [2.05, 4.69) is 36.5 Å². The van der Waals surface area contributed by atoms with Gasteiger partial charge in [-0.3, -0.25) is 4.79 Å². The molecule has 1 aliphatic heterocycles. The van der Waals surface area contributed by atoms with Crippen LogP contribution in [0.1, 0.15) is 25.3 Å². The van der Waals surface area contributed by atoms with E-state index in [0.717, 1.165) is 25.8 Å². The lowest BCUT2D eigenvalue weighted by atomic mass is 9.91. The second-order valence-electron chi connectivity index (χ2n) is 4.71. The lowest BCUT2D eigenvalue weighted by Crippen LogP contribution is -2.19. The van der Waals surface area contributed by atoms with Crippen LogP contribution in [0.4, 0.5) is 0 Å². The molecule has 0 radical (unpaired) electrons. The van der Waals surface area contributed by atoms with Crippen LogP contribution >= 0.6 is 0 Å². The molecule has 2 atom stereocenters. The standard InChI is InChI=1S/C14H19NO/c1-11-10-15-14(16)13(11)9-5-8-12-6-3-2-4-7-12/h2-4,6-7,11,13H,5,8-10H2,1H3,(H,15,16). The fourth-order valence-corrected chi connectivity index (χ4v) is 2.38. The number of rotatable bonds is 4. The van der Waals surface area contributed by atoms with Crippen LogP contribution < -0.4 is 5.32 Å². The highest BCUT2D eigenvalue weighted by Gasteiger charge is 2.30. The first-order valence-corrected chi connectivity index (χ1v) is 6.09. The zero-order valence-electron chi connectivity index (χ0n) is 9.78. The molecule has 16 heavy (non-hydrogen) atoms. The third-order valence-electron chi connectivity index (χ3n) is 3.45. The van der Waals surface area contributed by atoms with Crippen molar-refractivity contribution in [1.29, 1.82) is 0 Å². The Morgan fingerprint density at radius 1 is 1.31 bits per heavy atom. The van der Waals surface area contributed by atoms with Gasteiger partial charge in [0.2, 0.25) is 5.91 Å². The second kappa shape index (κ2) is 5.15. The fraction of sp³-hybridized carbons (Fsp3) is 0.500. The minimum absolute atomic E-state index is 0.240. The van der Waals surface area contributed by atoms with Gasteiger partial charge < -0.3 is 5.32 Å². The van der Waals surface area contributed by atoms with Crippen molar-refractivity contribution >= 4 is 5.91 Å². The lowest BCUT2D eigenvalue weighted by Gasteiger charge is -2.11. The molecule has 0 bridgehead atoms. The molecule has 1 heterocycles. The summed E-state index contributed by atoms with van der Waals surface area (Å²) in [7, 11) is 0. The average molecular weight is 217 g/mol. The van der Waals surface area contributed by atoms with Gasteiger partial charge in [0.25, 0.3) is 0 Å². The maximum absolute atomic E-state index is 11.5. The summed E-state index contributed by atoms with van der Waals surface area (Å²) in [5, 5.41) is 2.93. The van der Waals surface area contributed by atoms with Gasteiger partial charge in [-0.15, -0.1) is 0 Å². The third kappa shape index (κ3) is 2.63. The smallest absolute Gasteiger partial charge is 0.223 e. The molecule has 1 fully saturated rings. The summed E-state index contributed by atoms with van der Waals surface area (Å²) in [6.07, 6.45) is 3.20. The molecule has 1 aromatic rings. The quantitative estimate of drug-likeness (QED) is 0.824. The molecular weight excluding hydrogens is 198 g/mol. The first-order chi connectivity index (χ1) is 7.77. The number of hydrogen-bond acceptors (Lipinski definition) is 1. The van der Waals surface area contributed by atoms with Crippen molar-refractivity contribution < 1.29 is 4.79 Å². The van der Waals surface area contributed by atoms with Gasteiger partial charge >= 0.3 is 0 Å². The van der Waals surface area contributed by atoms with Crippen LogP contribution in [-0.4, -0.2) is 12.5 Å². The fourth-order valence-electron chi connectivity index (χ4n) is 2.38. The first kappa shape index (κ1) is 11.2. The van der Waals surface area contributed by atoms with Crippen molar-refractivity contribution in [2.75, 3.05) is 6.54 Å². The van der Waals surface area contributed by atoms with Crippen LogP contribution in [0.25, 0.3) is 0 Å². The van der Waals surface area contributed by atoms with Gasteiger partial charge in [-0.05, 0) is 30.7 Å². The summed E-state index contributed by atoms with van der Waals surface area (Å²) in [6, 6.07) is 10.5. The first-order valence-electron chi connectivity index (χ1n) is 6.09. The van der Waals surface area contributed by atoms with Gasteiger partial charge in [0.15, 0.2) is 0 Å². The van der Waals surface area contributed by atoms with Gasteiger partial charge in [0.05, 0.1) is 0 Å². The van der Waals surface area contributed by atoms with E-state index in [1.165, 1.54) is 5.56 Å². The van der Waals surface area contributed by atoms with Crippen LogP contribution in [0.5, 0.6) is 0 Å². The zero-order valence-corrected chi connectivity index (χ0v) is 9.78. The summed E-state index contributed by atoms with van der Waals surface area (Å²) >= 11 is 0. The molecule has 2 rings (SSSR count). The number of aryl methyl sites for hydroxylation is 1. The van der Waals surface area contributed by atoms with E-state index in [9.17, 15) is 4.79 Å². The molecule has 0 spiro atoms. The molecule has 86 valence electrons. The highest BCUT2D eigenvalue weighted by Crippen LogP contribution is 2.23. The van der Waals surface area contributed by atoms with Gasteiger partial charge in [0, 0.05) is 12.5 Å². The van der Waals surface area contributed by atoms with E-state index in [0.29, 0.717) is 5.92 Å². The van der Waals surface area contributed by atoms with E-state index >= 15 is 0 Å². The number of hydrogen-bond donors (Lipinski definition) is 1. The lowest BCUT2D eigenvalue weighted by molar-refractivity contribution is -0.123. The number of nitrogens with one attached hydrogen (secondary N) is 1. The summed E-state index contributed by atoms with van der Waals surface area (Å²) in [5.41, 5.74) is 1.37. The van der Waals surface area contributed by atoms with Gasteiger partial charge in [-0.2, -0.15) is 0 Å². The predicted molar refractivity (Wildman–Crippen MR) is 65.0 cm³/mol. The van der Waals surface area contributed by atoms with Crippen molar-refractivity contribution in [3.63, 3.8) is 0 Å². The predicted octanol–water partition coefficient (Wildman–Crippen LogP) is 2.39. The van der Waals surface area contributed by atoms with Gasteiger partial charge in [0.1, 0.15) is 0 Å². The molecule has 2 unspecified atom stereocenters. The highest BCUT2D eigenvalue weighted by atomic mass is 16.2. The molecule has 0 aromatic heterocycles. The van der Waals surface area contributed by atoms with Crippen molar-refractivity contribution in [3.05, 3.63) is 35.9 Å². The molecule has 1 N–H and O–H groups in total. The third-order valence-corrected chi connectivity index (χ3v) is 3.45. The van der Waals surface area contributed by atoms with Gasteiger partial charge in [-0.25, -0.2) is 0 Å². The Bertz CT molecular complexity index is 347. The molecular formula is C14H19NO. The van der Waals surface area contributed by atoms with Crippen LogP contribution in [0.2, 0.25) is 0 Å². The SMILES string of the molecule is CC1CNC(=O)C1CCCc1ccccc1. The maximum Gasteiger partial charge on any atom is 0.223 e. The van der Waals surface area contributed by atoms with Crippen LogP contribution in [0.3, 0.4) is 0 Å². The van der Waals surface area contributed by atoms with Crippen molar-refractivity contribution in [3.8, 4) is 0 Å². The largest absolute Gasteiger partial charge is 0.356 e. The van der Waals surface area contributed by atoms with E-state index < -0.39 is 0 Å². The van der Waals surface area contributed by atoms with Gasteiger partial charge in [-0.1, -0.05) is 37.3 Å². The Balaban J connectivity index is 1.78. The highest BCUT2D eigenvalue weighted by molar-refractivity contribution is 5.81. The maximum atomic E-state index is 11.5. The Labute approximate surface area is 97.1 Å². The van der Waals surface area contributed by atoms with Crippen molar-refractivity contribution in [2.24, 2.45) is 11.8 Å². The monoisotopic (exact) mass is 217 g/mol. The van der Waals surface area contributed by atoms with Crippen molar-refractivity contribution in [2.45, 2.75) is 26.2 Å². The minimum Gasteiger partial charge on any atom is -0.356 e. The molecule has 1 saturated heterocycles. The zero-order chi connectivity index (χ0) is 11.4. The Morgan fingerprint density at radius 2 is 2.06 bits per heavy atom. The molecule has 2 nitrogen and oxygen atoms in total. The van der Waals surface area contributed by atoms with Crippen LogP contribution in [0.15, 0.2) is 30.3 Å². The molecule has 0 saturated carbocycles. The summed E-state index contributed by atoms with van der Waals surface area (Å²) in [6.45, 7) is 3.01. The van der Waals surface area contributed by atoms with Crippen LogP contribution in [-0.2, 0) is 11.2 Å². The Hall–Kier alpha value is -1.31. The van der Waals surface area contributed by atoms with E-state index in [4.69, 9.17) is 0 Å². The molecule has 1 aliphatic rings. The molecule has 2 heteroatoms. The number of carbonyl (C=O) groups is 1. The topological polar surface area (TPSA) is 29.1 Å². The minimum atomic E-state index is 0.240. The average Bonchev–Trinajstić information content (AvgIpc) is 2.62. The van der Waals surface area contributed by atoms with E-state index in [1.807, 2.05) is 6.07 Å². The van der Waals surface area contributed by atoms with Crippen LogP contribution in [0, 0.1) is 11.8 Å². The molecule has 1 amide bonds.